The number of aryl methyl sites for hydroxylation is 1. The van der Waals surface area contributed by atoms with E-state index in [0.29, 0.717) is 6.61 Å². The predicted octanol–water partition coefficient (Wildman–Crippen LogP) is 7.01. The molecule has 1 aliphatic heterocycles. The Balaban J connectivity index is 1.57. The molecule has 5 rings (SSSR count). The Morgan fingerprint density at radius 2 is 1.67 bits per heavy atom. The van der Waals surface area contributed by atoms with Gasteiger partial charge in [-0.1, -0.05) is 38.1 Å². The van der Waals surface area contributed by atoms with Crippen LogP contribution in [0.1, 0.15) is 44.7 Å². The molecule has 1 atom stereocenters. The van der Waals surface area contributed by atoms with Crippen LogP contribution in [0.4, 0.5) is 0 Å². The van der Waals surface area contributed by atoms with Crippen LogP contribution in [0.5, 0.6) is 11.5 Å². The number of rotatable bonds is 7. The highest BCUT2D eigenvalue weighted by Crippen LogP contribution is 2.41. The highest BCUT2D eigenvalue weighted by atomic mass is 16.5. The second-order valence-corrected chi connectivity index (χ2v) is 10.8. The number of phenols is 1. The zero-order valence-electron chi connectivity index (χ0n) is 21.8. The van der Waals surface area contributed by atoms with Crippen LogP contribution in [0.15, 0.2) is 60.7 Å². The quantitative estimate of drug-likeness (QED) is 0.278. The summed E-state index contributed by atoms with van der Waals surface area (Å²) in [6, 6.07) is 20.4. The molecule has 4 nitrogen and oxygen atoms in total. The van der Waals surface area contributed by atoms with Crippen molar-refractivity contribution in [3.05, 3.63) is 71.8 Å². The van der Waals surface area contributed by atoms with Crippen molar-refractivity contribution in [3.8, 4) is 22.6 Å². The maximum Gasteiger partial charge on any atom is 0.119 e. The van der Waals surface area contributed by atoms with E-state index in [0.717, 1.165) is 56.1 Å². The van der Waals surface area contributed by atoms with Gasteiger partial charge < -0.3 is 14.9 Å². The summed E-state index contributed by atoms with van der Waals surface area (Å²) < 4.78 is 6.03. The number of aliphatic hydroxyl groups is 1. The topological polar surface area (TPSA) is 52.9 Å². The van der Waals surface area contributed by atoms with Gasteiger partial charge in [0.05, 0.1) is 5.60 Å². The Morgan fingerprint density at radius 3 is 2.36 bits per heavy atom. The van der Waals surface area contributed by atoms with Gasteiger partial charge in [0.1, 0.15) is 18.1 Å². The van der Waals surface area contributed by atoms with Crippen LogP contribution in [0.2, 0.25) is 0 Å². The van der Waals surface area contributed by atoms with E-state index in [-0.39, 0.29) is 11.7 Å². The van der Waals surface area contributed by atoms with E-state index >= 15 is 0 Å². The summed E-state index contributed by atoms with van der Waals surface area (Å²) in [5.74, 6) is 1.22. The largest absolute Gasteiger partial charge is 0.508 e. The third-order valence-electron chi connectivity index (χ3n) is 7.98. The van der Waals surface area contributed by atoms with Gasteiger partial charge in [-0.2, -0.15) is 0 Å². The van der Waals surface area contributed by atoms with E-state index in [9.17, 15) is 10.2 Å². The summed E-state index contributed by atoms with van der Waals surface area (Å²) in [4.78, 5) is 2.46. The van der Waals surface area contributed by atoms with Gasteiger partial charge in [0, 0.05) is 6.54 Å². The summed E-state index contributed by atoms with van der Waals surface area (Å²) in [5.41, 5.74) is 3.16. The fraction of sp³-hybridized carbons (Fsp3) is 0.375. The number of ether oxygens (including phenoxy) is 1. The van der Waals surface area contributed by atoms with E-state index in [1.807, 2.05) is 58.0 Å². The van der Waals surface area contributed by atoms with Crippen molar-refractivity contribution in [3.63, 3.8) is 0 Å². The Kier molecular flexibility index (Phi) is 6.67. The fourth-order valence-corrected chi connectivity index (χ4v) is 5.41. The third-order valence-corrected chi connectivity index (χ3v) is 7.98. The molecule has 4 heteroatoms. The van der Waals surface area contributed by atoms with E-state index in [1.54, 1.807) is 0 Å². The zero-order chi connectivity index (χ0) is 25.4. The molecule has 4 aromatic carbocycles. The van der Waals surface area contributed by atoms with Crippen molar-refractivity contribution in [2.45, 2.75) is 46.1 Å². The van der Waals surface area contributed by atoms with E-state index in [4.69, 9.17) is 4.74 Å². The van der Waals surface area contributed by atoms with Crippen molar-refractivity contribution in [2.75, 3.05) is 26.2 Å². The van der Waals surface area contributed by atoms with Gasteiger partial charge in [0.25, 0.3) is 0 Å². The second kappa shape index (κ2) is 9.76. The van der Waals surface area contributed by atoms with E-state index in [2.05, 4.69) is 35.2 Å². The molecule has 0 saturated carbocycles. The number of hydrogen-bond acceptors (Lipinski definition) is 4. The summed E-state index contributed by atoms with van der Waals surface area (Å²) >= 11 is 0. The lowest BCUT2D eigenvalue weighted by Crippen LogP contribution is -2.27. The molecule has 1 unspecified atom stereocenters. The third kappa shape index (κ3) is 4.68. The molecule has 36 heavy (non-hydrogen) atoms. The van der Waals surface area contributed by atoms with Crippen LogP contribution >= 0.6 is 0 Å². The van der Waals surface area contributed by atoms with Gasteiger partial charge in [-0.05, 0) is 126 Å². The van der Waals surface area contributed by atoms with E-state index < -0.39 is 5.60 Å². The van der Waals surface area contributed by atoms with Gasteiger partial charge in [-0.25, -0.2) is 0 Å². The minimum Gasteiger partial charge on any atom is -0.508 e. The average molecular weight is 484 g/mol. The molecule has 188 valence electrons. The van der Waals surface area contributed by atoms with Gasteiger partial charge >= 0.3 is 0 Å². The van der Waals surface area contributed by atoms with Gasteiger partial charge in [0.2, 0.25) is 0 Å². The Morgan fingerprint density at radius 1 is 0.944 bits per heavy atom. The number of likely N-dealkylation sites (tertiary alicyclic amines) is 1. The summed E-state index contributed by atoms with van der Waals surface area (Å²) in [7, 11) is 0. The summed E-state index contributed by atoms with van der Waals surface area (Å²) in [6.45, 7) is 12.0. The standard InChI is InChI=1S/C32H37NO3/c1-21(2)32(4,35)25-9-12-28-30(20-25)29(19-24-18-26(34)17-22(3)31(24)28)23-7-10-27(11-8-23)36-16-15-33-13-5-6-14-33/h7-12,17-21,34-35H,5-6,13-16H2,1-4H3. The predicted molar refractivity (Wildman–Crippen MR) is 149 cm³/mol. The molecule has 1 fully saturated rings. The monoisotopic (exact) mass is 483 g/mol. The molecule has 1 aliphatic rings. The van der Waals surface area contributed by atoms with Crippen molar-refractivity contribution in [1.29, 1.82) is 0 Å². The van der Waals surface area contributed by atoms with Gasteiger partial charge in [-0.15, -0.1) is 0 Å². The lowest BCUT2D eigenvalue weighted by Gasteiger charge is -2.29. The molecular formula is C32H37NO3. The summed E-state index contributed by atoms with van der Waals surface area (Å²) in [6.07, 6.45) is 2.58. The molecule has 1 saturated heterocycles. The lowest BCUT2D eigenvalue weighted by atomic mass is 9.82. The molecule has 0 aliphatic carbocycles. The van der Waals surface area contributed by atoms with Crippen LogP contribution in [-0.4, -0.2) is 41.4 Å². The number of aromatic hydroxyl groups is 1. The van der Waals surface area contributed by atoms with Crippen molar-refractivity contribution in [2.24, 2.45) is 5.92 Å². The first-order valence-corrected chi connectivity index (χ1v) is 13.1. The Hall–Kier alpha value is -3.08. The fourth-order valence-electron chi connectivity index (χ4n) is 5.41. The summed E-state index contributed by atoms with van der Waals surface area (Å²) in [5, 5.41) is 25.9. The minimum absolute atomic E-state index is 0.0783. The van der Waals surface area contributed by atoms with Crippen molar-refractivity contribution in [1.82, 2.24) is 4.90 Å². The van der Waals surface area contributed by atoms with Gasteiger partial charge in [0.15, 0.2) is 0 Å². The molecule has 0 aromatic heterocycles. The highest BCUT2D eigenvalue weighted by molar-refractivity contribution is 6.15. The Bertz CT molecular complexity index is 1380. The second-order valence-electron chi connectivity index (χ2n) is 10.8. The first-order valence-electron chi connectivity index (χ1n) is 13.1. The SMILES string of the molecule is Cc1cc(O)cc2cc(-c3ccc(OCCN4CCCC4)cc3)c3cc(C(C)(O)C(C)C)ccc3c12. The molecule has 1 heterocycles. The number of benzene rings is 4. The number of hydrogen-bond donors (Lipinski definition) is 2. The van der Waals surface area contributed by atoms with Crippen LogP contribution < -0.4 is 4.74 Å². The maximum absolute atomic E-state index is 11.2. The average Bonchev–Trinajstić information content (AvgIpc) is 3.36. The molecule has 0 amide bonds. The lowest BCUT2D eigenvalue weighted by molar-refractivity contribution is 0.00918. The highest BCUT2D eigenvalue weighted by Gasteiger charge is 2.28. The molecule has 0 spiro atoms. The molecular weight excluding hydrogens is 446 g/mol. The normalized spacial score (nSPS) is 16.2. The number of phenolic OH excluding ortho intramolecular Hbond substituents is 1. The molecule has 2 N–H and O–H groups in total. The van der Waals surface area contributed by atoms with Crippen LogP contribution in [0.25, 0.3) is 32.7 Å². The first-order chi connectivity index (χ1) is 17.2. The molecule has 0 radical (unpaired) electrons. The Labute approximate surface area is 214 Å². The van der Waals surface area contributed by atoms with Crippen LogP contribution in [0, 0.1) is 12.8 Å². The molecule has 4 aromatic rings. The van der Waals surface area contributed by atoms with Crippen molar-refractivity contribution >= 4 is 21.5 Å². The first kappa shape index (κ1) is 24.6. The number of fused-ring (bicyclic) bond motifs is 3. The maximum atomic E-state index is 11.2. The van der Waals surface area contributed by atoms with Crippen molar-refractivity contribution < 1.29 is 14.9 Å². The zero-order valence-corrected chi connectivity index (χ0v) is 21.8. The number of nitrogens with zero attached hydrogens (tertiary/aromatic N) is 1. The minimum atomic E-state index is -0.933. The van der Waals surface area contributed by atoms with Gasteiger partial charge in [-0.3, -0.25) is 4.90 Å². The van der Waals surface area contributed by atoms with Crippen LogP contribution in [0.3, 0.4) is 0 Å². The molecule has 0 bridgehead atoms. The smallest absolute Gasteiger partial charge is 0.119 e. The van der Waals surface area contributed by atoms with Crippen LogP contribution in [-0.2, 0) is 5.60 Å². The van der Waals surface area contributed by atoms with E-state index in [1.165, 1.54) is 25.9 Å².